The molecule has 2 aromatic rings. The number of carbonyl (C=O) groups excluding carboxylic acids is 2. The first kappa shape index (κ1) is 16.4. The van der Waals surface area contributed by atoms with Crippen LogP contribution in [0.15, 0.2) is 42.5 Å². The molecule has 7 nitrogen and oxygen atoms in total. The highest BCUT2D eigenvalue weighted by molar-refractivity contribution is 6.31. The summed E-state index contributed by atoms with van der Waals surface area (Å²) in [5.41, 5.74) is 0.142. The molecule has 8 heteroatoms. The normalized spacial score (nSPS) is 10.0. The number of hydrogen-bond donors (Lipinski definition) is 1. The van der Waals surface area contributed by atoms with Crippen molar-refractivity contribution in [3.63, 3.8) is 0 Å². The molecule has 2 rings (SSSR count). The van der Waals surface area contributed by atoms with Gasteiger partial charge in [0, 0.05) is 22.7 Å². The van der Waals surface area contributed by atoms with Gasteiger partial charge in [0.1, 0.15) is 0 Å². The van der Waals surface area contributed by atoms with Crippen LogP contribution >= 0.6 is 11.6 Å². The van der Waals surface area contributed by atoms with Gasteiger partial charge in [-0.2, -0.15) is 0 Å². The van der Waals surface area contributed by atoms with Crippen LogP contribution in [-0.2, 0) is 4.74 Å². The number of nitrogens with one attached hydrogen (secondary N) is 1. The lowest BCUT2D eigenvalue weighted by atomic mass is 10.1. The molecule has 0 aliphatic carbocycles. The molecule has 0 aromatic heterocycles. The fraction of sp³-hybridized carbons (Fsp3) is 0.0667. The summed E-state index contributed by atoms with van der Waals surface area (Å²) in [6.07, 6.45) is 0. The van der Waals surface area contributed by atoms with Gasteiger partial charge in [-0.1, -0.05) is 17.7 Å². The van der Waals surface area contributed by atoms with Gasteiger partial charge in [0.05, 0.1) is 23.3 Å². The summed E-state index contributed by atoms with van der Waals surface area (Å²) >= 11 is 5.87. The first-order valence-corrected chi connectivity index (χ1v) is 6.74. The van der Waals surface area contributed by atoms with Gasteiger partial charge in [-0.3, -0.25) is 14.9 Å². The van der Waals surface area contributed by atoms with E-state index in [2.05, 4.69) is 10.1 Å². The molecule has 0 saturated heterocycles. The van der Waals surface area contributed by atoms with Crippen molar-refractivity contribution in [2.75, 3.05) is 12.4 Å². The summed E-state index contributed by atoms with van der Waals surface area (Å²) in [7, 11) is 1.21. The number of anilines is 1. The Kier molecular flexibility index (Phi) is 4.92. The van der Waals surface area contributed by atoms with Crippen molar-refractivity contribution in [2.45, 2.75) is 0 Å². The molecule has 23 heavy (non-hydrogen) atoms. The van der Waals surface area contributed by atoms with E-state index in [1.165, 1.54) is 43.5 Å². The van der Waals surface area contributed by atoms with Gasteiger partial charge in [0.15, 0.2) is 0 Å². The average Bonchev–Trinajstić information content (AvgIpc) is 2.54. The smallest absolute Gasteiger partial charge is 0.339 e. The Balaban J connectivity index is 2.33. The van der Waals surface area contributed by atoms with Crippen molar-refractivity contribution in [3.8, 4) is 0 Å². The number of hydrogen-bond acceptors (Lipinski definition) is 5. The Labute approximate surface area is 136 Å². The van der Waals surface area contributed by atoms with E-state index < -0.39 is 16.8 Å². The van der Waals surface area contributed by atoms with Crippen LogP contribution in [-0.4, -0.2) is 23.9 Å². The maximum Gasteiger partial charge on any atom is 0.339 e. The number of nitrogens with zero attached hydrogens (tertiary/aromatic N) is 1. The molecular weight excluding hydrogens is 324 g/mol. The number of amides is 1. The number of ether oxygens (including phenoxy) is 1. The van der Waals surface area contributed by atoms with E-state index in [0.717, 1.165) is 6.07 Å². The summed E-state index contributed by atoms with van der Waals surface area (Å²) in [6, 6.07) is 9.52. The molecule has 0 bridgehead atoms. The van der Waals surface area contributed by atoms with E-state index in [-0.39, 0.29) is 22.5 Å². The zero-order chi connectivity index (χ0) is 17.0. The molecule has 0 aliphatic rings. The van der Waals surface area contributed by atoms with E-state index in [1.807, 2.05) is 0 Å². The monoisotopic (exact) mass is 334 g/mol. The van der Waals surface area contributed by atoms with Gasteiger partial charge in [0.25, 0.3) is 11.6 Å². The van der Waals surface area contributed by atoms with E-state index in [4.69, 9.17) is 11.6 Å². The lowest BCUT2D eigenvalue weighted by molar-refractivity contribution is -0.384. The summed E-state index contributed by atoms with van der Waals surface area (Å²) in [4.78, 5) is 34.1. The van der Waals surface area contributed by atoms with Gasteiger partial charge in [-0.25, -0.2) is 4.79 Å². The van der Waals surface area contributed by atoms with Crippen molar-refractivity contribution in [1.82, 2.24) is 0 Å². The van der Waals surface area contributed by atoms with E-state index in [9.17, 15) is 19.7 Å². The Morgan fingerprint density at radius 3 is 2.61 bits per heavy atom. The number of methoxy groups -OCH3 is 1. The zero-order valence-electron chi connectivity index (χ0n) is 11.9. The number of benzene rings is 2. The van der Waals surface area contributed by atoms with Crippen LogP contribution in [0, 0.1) is 10.1 Å². The third-order valence-corrected chi connectivity index (χ3v) is 3.19. The Morgan fingerprint density at radius 1 is 1.22 bits per heavy atom. The predicted molar refractivity (Wildman–Crippen MR) is 83.8 cm³/mol. The molecule has 2 aromatic carbocycles. The van der Waals surface area contributed by atoms with Gasteiger partial charge in [0.2, 0.25) is 0 Å². The highest BCUT2D eigenvalue weighted by Crippen LogP contribution is 2.23. The Bertz CT molecular complexity index is 791. The van der Waals surface area contributed by atoms with E-state index in [1.54, 1.807) is 0 Å². The second kappa shape index (κ2) is 6.89. The maximum atomic E-state index is 12.2. The van der Waals surface area contributed by atoms with Crippen LogP contribution in [0.1, 0.15) is 20.7 Å². The molecule has 1 N–H and O–H groups in total. The second-order valence-corrected chi connectivity index (χ2v) is 4.88. The van der Waals surface area contributed by atoms with Gasteiger partial charge in [-0.15, -0.1) is 0 Å². The van der Waals surface area contributed by atoms with E-state index >= 15 is 0 Å². The molecule has 0 saturated carbocycles. The van der Waals surface area contributed by atoms with Gasteiger partial charge in [-0.05, 0) is 24.3 Å². The van der Waals surface area contributed by atoms with Gasteiger partial charge >= 0.3 is 5.97 Å². The number of esters is 1. The minimum Gasteiger partial charge on any atom is -0.465 e. The zero-order valence-corrected chi connectivity index (χ0v) is 12.7. The molecule has 0 spiro atoms. The first-order valence-electron chi connectivity index (χ1n) is 6.36. The average molecular weight is 335 g/mol. The summed E-state index contributed by atoms with van der Waals surface area (Å²) < 4.78 is 4.63. The number of rotatable bonds is 4. The third-order valence-electron chi connectivity index (χ3n) is 2.95. The minimum atomic E-state index is -0.643. The molecule has 0 unspecified atom stereocenters. The molecule has 0 radical (unpaired) electrons. The number of halogens is 1. The quantitative estimate of drug-likeness (QED) is 0.525. The number of carbonyl (C=O) groups is 2. The molecule has 0 fully saturated rings. The molecular formula is C15H11ClN2O5. The first-order chi connectivity index (χ1) is 10.9. The van der Waals surface area contributed by atoms with E-state index in [0.29, 0.717) is 5.02 Å². The minimum absolute atomic E-state index is 0.0787. The van der Waals surface area contributed by atoms with Crippen molar-refractivity contribution in [2.24, 2.45) is 0 Å². The third kappa shape index (κ3) is 3.83. The highest BCUT2D eigenvalue weighted by Gasteiger charge is 2.17. The van der Waals surface area contributed by atoms with Crippen LogP contribution in [0.5, 0.6) is 0 Å². The van der Waals surface area contributed by atoms with Crippen molar-refractivity contribution in [1.29, 1.82) is 0 Å². The van der Waals surface area contributed by atoms with Crippen LogP contribution in [0.3, 0.4) is 0 Å². The van der Waals surface area contributed by atoms with Crippen LogP contribution in [0.25, 0.3) is 0 Å². The largest absolute Gasteiger partial charge is 0.465 e. The van der Waals surface area contributed by atoms with Crippen molar-refractivity contribution >= 4 is 34.9 Å². The second-order valence-electron chi connectivity index (χ2n) is 4.44. The lowest BCUT2D eigenvalue weighted by Crippen LogP contribution is -2.15. The molecule has 1 amide bonds. The topological polar surface area (TPSA) is 98.5 Å². The molecule has 0 aliphatic heterocycles. The van der Waals surface area contributed by atoms with Crippen LogP contribution in [0.2, 0.25) is 5.02 Å². The number of non-ortho nitro benzene ring substituents is 1. The SMILES string of the molecule is COC(=O)c1ccc(Cl)cc1NC(=O)c1cccc([N+](=O)[O-])c1. The predicted octanol–water partition coefficient (Wildman–Crippen LogP) is 3.29. The molecule has 118 valence electrons. The number of nitro benzene ring substituents is 1. The highest BCUT2D eigenvalue weighted by atomic mass is 35.5. The summed E-state index contributed by atoms with van der Waals surface area (Å²) in [5, 5.41) is 13.6. The lowest BCUT2D eigenvalue weighted by Gasteiger charge is -2.10. The van der Waals surface area contributed by atoms with Gasteiger partial charge < -0.3 is 10.1 Å². The summed E-state index contributed by atoms with van der Waals surface area (Å²) in [5.74, 6) is -1.25. The maximum absolute atomic E-state index is 12.2. The number of nitro groups is 1. The Hall–Kier alpha value is -2.93. The van der Waals surface area contributed by atoms with Crippen LogP contribution < -0.4 is 5.32 Å². The molecule has 0 atom stereocenters. The van der Waals surface area contributed by atoms with Crippen molar-refractivity contribution in [3.05, 3.63) is 68.7 Å². The molecule has 0 heterocycles. The Morgan fingerprint density at radius 2 is 1.96 bits per heavy atom. The van der Waals surface area contributed by atoms with Crippen LogP contribution in [0.4, 0.5) is 11.4 Å². The fourth-order valence-corrected chi connectivity index (χ4v) is 2.04. The van der Waals surface area contributed by atoms with Crippen molar-refractivity contribution < 1.29 is 19.2 Å². The fourth-order valence-electron chi connectivity index (χ4n) is 1.86. The standard InChI is InChI=1S/C15H11ClN2O5/c1-23-15(20)12-6-5-10(16)8-13(12)17-14(19)9-3-2-4-11(7-9)18(21)22/h2-8H,1H3,(H,17,19). The summed E-state index contributed by atoms with van der Waals surface area (Å²) in [6.45, 7) is 0.